The first-order valence-corrected chi connectivity index (χ1v) is 10.1. The summed E-state index contributed by atoms with van der Waals surface area (Å²) in [6.45, 7) is 13.6. The third-order valence-corrected chi connectivity index (χ3v) is 6.12. The van der Waals surface area contributed by atoms with Crippen LogP contribution in [0.25, 0.3) is 22.3 Å². The predicted octanol–water partition coefficient (Wildman–Crippen LogP) is 7.27. The Hall–Kier alpha value is -2.54. The molecule has 3 aromatic rings. The lowest BCUT2D eigenvalue weighted by Crippen LogP contribution is -2.17. The maximum absolute atomic E-state index is 6.02. The monoisotopic (exact) mass is 370 g/mol. The van der Waals surface area contributed by atoms with Crippen LogP contribution >= 0.6 is 0 Å². The number of benzene rings is 3. The topological polar surface area (TPSA) is 9.23 Å². The van der Waals surface area contributed by atoms with Gasteiger partial charge in [0, 0.05) is 16.5 Å². The van der Waals surface area contributed by atoms with Crippen LogP contribution in [0, 0.1) is 6.92 Å². The summed E-state index contributed by atoms with van der Waals surface area (Å²) in [6, 6.07) is 20.1. The van der Waals surface area contributed by atoms with Crippen LogP contribution in [0.5, 0.6) is 5.75 Å². The third-order valence-electron chi connectivity index (χ3n) is 6.12. The highest BCUT2D eigenvalue weighted by molar-refractivity contribution is 5.90. The Kier molecular flexibility index (Phi) is 4.19. The summed E-state index contributed by atoms with van der Waals surface area (Å²) in [6.07, 6.45) is 0. The van der Waals surface area contributed by atoms with Crippen molar-refractivity contribution in [3.05, 3.63) is 76.9 Å². The van der Waals surface area contributed by atoms with Crippen molar-refractivity contribution in [1.29, 1.82) is 0 Å². The van der Waals surface area contributed by atoms with Crippen LogP contribution < -0.4 is 4.74 Å². The average Bonchev–Trinajstić information content (AvgIpc) is 2.88. The van der Waals surface area contributed by atoms with Crippen molar-refractivity contribution in [1.82, 2.24) is 0 Å². The summed E-state index contributed by atoms with van der Waals surface area (Å²) in [5, 5.41) is 0. The number of fused-ring (bicyclic) bond motifs is 3. The van der Waals surface area contributed by atoms with Crippen LogP contribution in [0.15, 0.2) is 54.6 Å². The van der Waals surface area contributed by atoms with Gasteiger partial charge in [-0.25, -0.2) is 0 Å². The Balaban J connectivity index is 2.07. The molecule has 28 heavy (non-hydrogen) atoms. The van der Waals surface area contributed by atoms with Gasteiger partial charge in [-0.1, -0.05) is 83.1 Å². The van der Waals surface area contributed by atoms with Gasteiger partial charge in [-0.3, -0.25) is 0 Å². The van der Waals surface area contributed by atoms with E-state index >= 15 is 0 Å². The molecule has 0 bridgehead atoms. The van der Waals surface area contributed by atoms with E-state index < -0.39 is 0 Å². The minimum absolute atomic E-state index is 0.0164. The van der Waals surface area contributed by atoms with Gasteiger partial charge in [-0.15, -0.1) is 0 Å². The van der Waals surface area contributed by atoms with Crippen LogP contribution in [-0.2, 0) is 10.8 Å². The number of rotatable bonds is 2. The molecule has 0 aromatic heterocycles. The molecule has 0 radical (unpaired) electrons. The largest absolute Gasteiger partial charge is 0.496 e. The average molecular weight is 371 g/mol. The summed E-state index contributed by atoms with van der Waals surface area (Å²) < 4.78 is 6.02. The Morgan fingerprint density at radius 3 is 2.04 bits per heavy atom. The fourth-order valence-electron chi connectivity index (χ4n) is 4.82. The fraction of sp³-hybridized carbons (Fsp3) is 0.333. The van der Waals surface area contributed by atoms with Crippen LogP contribution in [0.3, 0.4) is 0 Å². The Labute approximate surface area is 169 Å². The van der Waals surface area contributed by atoms with Gasteiger partial charge in [0.05, 0.1) is 7.11 Å². The second kappa shape index (κ2) is 6.24. The van der Waals surface area contributed by atoms with Crippen LogP contribution in [0.2, 0.25) is 0 Å². The van der Waals surface area contributed by atoms with Crippen molar-refractivity contribution in [2.24, 2.45) is 0 Å². The Morgan fingerprint density at radius 2 is 1.39 bits per heavy atom. The number of hydrogen-bond acceptors (Lipinski definition) is 1. The van der Waals surface area contributed by atoms with Gasteiger partial charge in [-0.2, -0.15) is 0 Å². The molecule has 0 N–H and O–H groups in total. The zero-order valence-corrected chi connectivity index (χ0v) is 18.1. The lowest BCUT2D eigenvalue weighted by atomic mass is 9.77. The first-order chi connectivity index (χ1) is 13.2. The van der Waals surface area contributed by atoms with E-state index in [4.69, 9.17) is 4.74 Å². The van der Waals surface area contributed by atoms with E-state index in [1.165, 1.54) is 44.5 Å². The summed E-state index contributed by atoms with van der Waals surface area (Å²) >= 11 is 0. The predicted molar refractivity (Wildman–Crippen MR) is 119 cm³/mol. The molecule has 0 spiro atoms. The number of aryl methyl sites for hydroxylation is 1. The van der Waals surface area contributed by atoms with Gasteiger partial charge in [0.15, 0.2) is 0 Å². The highest BCUT2D eigenvalue weighted by atomic mass is 16.5. The molecule has 3 aromatic carbocycles. The van der Waals surface area contributed by atoms with Crippen molar-refractivity contribution >= 4 is 0 Å². The quantitative estimate of drug-likeness (QED) is 0.461. The van der Waals surface area contributed by atoms with Crippen LogP contribution in [0.4, 0.5) is 0 Å². The maximum Gasteiger partial charge on any atom is 0.130 e. The molecule has 4 rings (SSSR count). The first kappa shape index (κ1) is 18.8. The molecule has 0 saturated heterocycles. The zero-order chi connectivity index (χ0) is 20.3. The van der Waals surface area contributed by atoms with Gasteiger partial charge < -0.3 is 4.74 Å². The molecular weight excluding hydrogens is 340 g/mol. The molecule has 1 aliphatic carbocycles. The zero-order valence-electron chi connectivity index (χ0n) is 18.1. The minimum Gasteiger partial charge on any atom is -0.496 e. The van der Waals surface area contributed by atoms with Crippen LogP contribution in [0.1, 0.15) is 56.9 Å². The lowest BCUT2D eigenvalue weighted by molar-refractivity contribution is 0.399. The molecule has 1 aliphatic rings. The molecule has 1 nitrogen and oxygen atoms in total. The van der Waals surface area contributed by atoms with E-state index in [0.717, 1.165) is 5.75 Å². The molecule has 0 amide bonds. The van der Waals surface area contributed by atoms with Crippen molar-refractivity contribution in [2.75, 3.05) is 7.11 Å². The number of ether oxygens (including phenoxy) is 1. The van der Waals surface area contributed by atoms with Gasteiger partial charge in [-0.05, 0) is 51.8 Å². The summed E-state index contributed by atoms with van der Waals surface area (Å²) in [5.74, 6) is 0.998. The molecule has 0 saturated carbocycles. The van der Waals surface area contributed by atoms with Crippen molar-refractivity contribution in [2.45, 2.75) is 52.4 Å². The molecule has 0 aliphatic heterocycles. The highest BCUT2D eigenvalue weighted by Gasteiger charge is 2.38. The molecule has 0 unspecified atom stereocenters. The standard InChI is InChI=1S/C27H30O/c1-17-15-21(25(28-7)23(16-17)26(2,3)4)20-13-10-12-19-18-11-8-9-14-22(18)27(5,6)24(19)20/h8-16H,1-7H3. The second-order valence-corrected chi connectivity index (χ2v) is 9.54. The van der Waals surface area contributed by atoms with E-state index in [1.807, 2.05) is 0 Å². The van der Waals surface area contributed by atoms with Gasteiger partial charge in [0.2, 0.25) is 0 Å². The van der Waals surface area contributed by atoms with E-state index in [0.29, 0.717) is 0 Å². The Bertz CT molecular complexity index is 1060. The molecule has 144 valence electrons. The summed E-state index contributed by atoms with van der Waals surface area (Å²) in [4.78, 5) is 0. The Morgan fingerprint density at radius 1 is 0.786 bits per heavy atom. The third kappa shape index (κ3) is 2.68. The summed E-state index contributed by atoms with van der Waals surface area (Å²) in [7, 11) is 1.80. The van der Waals surface area contributed by atoms with Crippen molar-refractivity contribution in [3.63, 3.8) is 0 Å². The number of hydrogen-bond donors (Lipinski definition) is 0. The lowest BCUT2D eigenvalue weighted by Gasteiger charge is -2.28. The van der Waals surface area contributed by atoms with Gasteiger partial charge in [0.25, 0.3) is 0 Å². The molecule has 1 heteroatoms. The van der Waals surface area contributed by atoms with Gasteiger partial charge in [0.1, 0.15) is 5.75 Å². The van der Waals surface area contributed by atoms with Crippen molar-refractivity contribution in [3.8, 4) is 28.0 Å². The maximum atomic E-state index is 6.02. The second-order valence-electron chi connectivity index (χ2n) is 9.54. The van der Waals surface area contributed by atoms with E-state index in [1.54, 1.807) is 7.11 Å². The number of methoxy groups -OCH3 is 1. The molecule has 0 heterocycles. The van der Waals surface area contributed by atoms with Gasteiger partial charge >= 0.3 is 0 Å². The minimum atomic E-state index is -0.0425. The normalized spacial score (nSPS) is 14.5. The fourth-order valence-corrected chi connectivity index (χ4v) is 4.82. The summed E-state index contributed by atoms with van der Waals surface area (Å²) in [5.41, 5.74) is 10.5. The molecule has 0 atom stereocenters. The molecule has 0 fully saturated rings. The highest BCUT2D eigenvalue weighted by Crippen LogP contribution is 2.53. The van der Waals surface area contributed by atoms with Crippen LogP contribution in [-0.4, -0.2) is 7.11 Å². The van der Waals surface area contributed by atoms with E-state index in [9.17, 15) is 0 Å². The SMILES string of the molecule is COc1c(-c2cccc3c2C(C)(C)c2ccccc2-3)cc(C)cc1C(C)(C)C. The van der Waals surface area contributed by atoms with Crippen molar-refractivity contribution < 1.29 is 4.74 Å². The van der Waals surface area contributed by atoms with E-state index in [2.05, 4.69) is 96.1 Å². The molecular formula is C27H30O. The first-order valence-electron chi connectivity index (χ1n) is 10.1. The smallest absolute Gasteiger partial charge is 0.130 e. The van der Waals surface area contributed by atoms with E-state index in [-0.39, 0.29) is 10.8 Å².